The van der Waals surface area contributed by atoms with Crippen LogP contribution in [0.3, 0.4) is 0 Å². The molecule has 0 unspecified atom stereocenters. The van der Waals surface area contributed by atoms with Gasteiger partial charge in [-0.15, -0.1) is 11.8 Å². The zero-order valence-electron chi connectivity index (χ0n) is 8.10. The molecule has 0 aromatic heterocycles. The number of anilines is 1. The largest absolute Gasteiger partial charge is 0.283 e. The van der Waals surface area contributed by atoms with Gasteiger partial charge in [0.25, 0.3) is 0 Å². The zero-order chi connectivity index (χ0) is 11.3. The van der Waals surface area contributed by atoms with Crippen molar-refractivity contribution in [2.24, 2.45) is 0 Å². The standard InChI is InChI=1S/C9H10N2O2S2/c1-14-9-4-2-8(3-5-9)11-15(12,13)7-6-10/h2-5,11H,7H2,1H3. The number of sulfonamides is 1. The molecule has 0 amide bonds. The van der Waals surface area contributed by atoms with Crippen molar-refractivity contribution in [2.45, 2.75) is 4.90 Å². The number of hydrogen-bond acceptors (Lipinski definition) is 4. The minimum atomic E-state index is -3.52. The van der Waals surface area contributed by atoms with Gasteiger partial charge in [-0.1, -0.05) is 0 Å². The fraction of sp³-hybridized carbons (Fsp3) is 0.222. The van der Waals surface area contributed by atoms with Crippen LogP contribution < -0.4 is 4.72 Å². The SMILES string of the molecule is CSc1ccc(NS(=O)(=O)CC#N)cc1. The Balaban J connectivity index is 2.78. The normalized spacial score (nSPS) is 10.7. The van der Waals surface area contributed by atoms with Crippen molar-refractivity contribution < 1.29 is 8.42 Å². The summed E-state index contributed by atoms with van der Waals surface area (Å²) in [5.74, 6) is -0.530. The second-order valence-corrected chi connectivity index (χ2v) is 5.35. The summed E-state index contributed by atoms with van der Waals surface area (Å²) in [5.41, 5.74) is 0.475. The van der Waals surface area contributed by atoms with Gasteiger partial charge in [0, 0.05) is 10.6 Å². The molecule has 1 rings (SSSR count). The van der Waals surface area contributed by atoms with Gasteiger partial charge in [0.15, 0.2) is 5.75 Å². The number of hydrogen-bond donors (Lipinski definition) is 1. The third-order valence-corrected chi connectivity index (χ3v) is 3.42. The molecule has 1 N–H and O–H groups in total. The van der Waals surface area contributed by atoms with Crippen molar-refractivity contribution in [2.75, 3.05) is 16.7 Å². The zero-order valence-corrected chi connectivity index (χ0v) is 9.73. The molecule has 4 nitrogen and oxygen atoms in total. The Morgan fingerprint density at radius 3 is 2.47 bits per heavy atom. The molecule has 6 heteroatoms. The van der Waals surface area contributed by atoms with E-state index < -0.39 is 15.8 Å². The van der Waals surface area contributed by atoms with Crippen LogP contribution in [0.1, 0.15) is 0 Å². The first-order valence-corrected chi connectivity index (χ1v) is 6.96. The monoisotopic (exact) mass is 242 g/mol. The van der Waals surface area contributed by atoms with Crippen LogP contribution in [0.15, 0.2) is 29.2 Å². The van der Waals surface area contributed by atoms with E-state index in [9.17, 15) is 8.42 Å². The lowest BCUT2D eigenvalue weighted by Crippen LogP contribution is -2.15. The van der Waals surface area contributed by atoms with Gasteiger partial charge in [-0.3, -0.25) is 4.72 Å². The maximum Gasteiger partial charge on any atom is 0.246 e. The van der Waals surface area contributed by atoms with Crippen LogP contribution in [0.4, 0.5) is 5.69 Å². The molecule has 0 saturated heterocycles. The van der Waals surface area contributed by atoms with Crippen molar-refractivity contribution in [1.29, 1.82) is 5.26 Å². The lowest BCUT2D eigenvalue weighted by molar-refractivity contribution is 0.604. The average Bonchev–Trinajstić information content (AvgIpc) is 2.18. The topological polar surface area (TPSA) is 70.0 Å². The van der Waals surface area contributed by atoms with Crippen molar-refractivity contribution in [1.82, 2.24) is 0 Å². The first kappa shape index (κ1) is 11.9. The Morgan fingerprint density at radius 2 is 2.00 bits per heavy atom. The summed E-state index contributed by atoms with van der Waals surface area (Å²) >= 11 is 1.58. The van der Waals surface area contributed by atoms with E-state index in [1.807, 2.05) is 18.4 Å². The van der Waals surface area contributed by atoms with Crippen LogP contribution in [0.2, 0.25) is 0 Å². The van der Waals surface area contributed by atoms with Crippen molar-refractivity contribution in [3.63, 3.8) is 0 Å². The van der Waals surface area contributed by atoms with Crippen molar-refractivity contribution in [3.8, 4) is 6.07 Å². The van der Waals surface area contributed by atoms with E-state index in [2.05, 4.69) is 4.72 Å². The van der Waals surface area contributed by atoms with Crippen LogP contribution in [0, 0.1) is 11.3 Å². The van der Waals surface area contributed by atoms with Gasteiger partial charge in [0.05, 0.1) is 6.07 Å². The first-order chi connectivity index (χ1) is 7.07. The summed E-state index contributed by atoms with van der Waals surface area (Å²) in [6.07, 6.45) is 1.94. The number of nitrogens with zero attached hydrogens (tertiary/aromatic N) is 1. The first-order valence-electron chi connectivity index (χ1n) is 4.09. The number of nitriles is 1. The van der Waals surface area contributed by atoms with Gasteiger partial charge >= 0.3 is 0 Å². The van der Waals surface area contributed by atoms with Gasteiger partial charge in [-0.25, -0.2) is 8.42 Å². The predicted molar refractivity (Wildman–Crippen MR) is 61.2 cm³/mol. The Labute approximate surface area is 93.4 Å². The minimum absolute atomic E-state index is 0.475. The number of rotatable bonds is 4. The summed E-state index contributed by atoms with van der Waals surface area (Å²) in [6.45, 7) is 0. The molecular weight excluding hydrogens is 232 g/mol. The smallest absolute Gasteiger partial charge is 0.246 e. The second kappa shape index (κ2) is 5.05. The predicted octanol–water partition coefficient (Wildman–Crippen LogP) is 1.67. The quantitative estimate of drug-likeness (QED) is 0.815. The van der Waals surface area contributed by atoms with Crippen LogP contribution in [-0.2, 0) is 10.0 Å². The molecule has 0 aliphatic rings. The van der Waals surface area contributed by atoms with Gasteiger partial charge in [-0.2, -0.15) is 5.26 Å². The Kier molecular flexibility index (Phi) is 4.00. The number of nitrogens with one attached hydrogen (secondary N) is 1. The van der Waals surface area contributed by atoms with E-state index in [4.69, 9.17) is 5.26 Å². The van der Waals surface area contributed by atoms with E-state index in [1.54, 1.807) is 30.0 Å². The van der Waals surface area contributed by atoms with E-state index in [1.165, 1.54) is 0 Å². The van der Waals surface area contributed by atoms with Crippen LogP contribution in [0.25, 0.3) is 0 Å². The van der Waals surface area contributed by atoms with E-state index in [-0.39, 0.29) is 0 Å². The molecule has 0 heterocycles. The lowest BCUT2D eigenvalue weighted by Gasteiger charge is -2.05. The lowest BCUT2D eigenvalue weighted by atomic mass is 10.3. The Hall–Kier alpha value is -1.19. The van der Waals surface area contributed by atoms with Crippen LogP contribution >= 0.6 is 11.8 Å². The molecule has 0 atom stereocenters. The molecule has 0 aliphatic heterocycles. The molecule has 15 heavy (non-hydrogen) atoms. The number of benzene rings is 1. The molecule has 0 saturated carbocycles. The van der Waals surface area contributed by atoms with Crippen molar-refractivity contribution in [3.05, 3.63) is 24.3 Å². The Bertz CT molecular complexity index is 460. The summed E-state index contributed by atoms with van der Waals surface area (Å²) < 4.78 is 24.7. The maximum atomic E-state index is 11.2. The molecule has 0 radical (unpaired) electrons. The van der Waals surface area contributed by atoms with E-state index >= 15 is 0 Å². The third-order valence-electron chi connectivity index (χ3n) is 1.62. The van der Waals surface area contributed by atoms with E-state index in [0.717, 1.165) is 4.90 Å². The van der Waals surface area contributed by atoms with Gasteiger partial charge in [0.1, 0.15) is 0 Å². The molecule has 1 aromatic rings. The van der Waals surface area contributed by atoms with Crippen LogP contribution in [-0.4, -0.2) is 20.4 Å². The number of thioether (sulfide) groups is 1. The third kappa shape index (κ3) is 3.81. The molecule has 0 aliphatic carbocycles. The van der Waals surface area contributed by atoms with Gasteiger partial charge < -0.3 is 0 Å². The molecule has 0 bridgehead atoms. The Morgan fingerprint density at radius 1 is 1.40 bits per heavy atom. The summed E-state index contributed by atoms with van der Waals surface area (Å²) in [6, 6.07) is 8.56. The highest BCUT2D eigenvalue weighted by Gasteiger charge is 2.08. The fourth-order valence-corrected chi connectivity index (χ4v) is 2.11. The van der Waals surface area contributed by atoms with Crippen molar-refractivity contribution >= 4 is 27.5 Å². The highest BCUT2D eigenvalue weighted by atomic mass is 32.2. The highest BCUT2D eigenvalue weighted by molar-refractivity contribution is 7.98. The molecule has 80 valence electrons. The molecular formula is C9H10N2O2S2. The molecule has 0 fully saturated rings. The molecule has 0 spiro atoms. The highest BCUT2D eigenvalue weighted by Crippen LogP contribution is 2.18. The van der Waals surface area contributed by atoms with E-state index in [0.29, 0.717) is 5.69 Å². The van der Waals surface area contributed by atoms with Gasteiger partial charge in [-0.05, 0) is 30.5 Å². The maximum absolute atomic E-state index is 11.2. The minimum Gasteiger partial charge on any atom is -0.283 e. The fourth-order valence-electron chi connectivity index (χ4n) is 0.960. The van der Waals surface area contributed by atoms with Gasteiger partial charge in [0.2, 0.25) is 10.0 Å². The average molecular weight is 242 g/mol. The van der Waals surface area contributed by atoms with Crippen LogP contribution in [0.5, 0.6) is 0 Å². The second-order valence-electron chi connectivity index (χ2n) is 2.75. The summed E-state index contributed by atoms with van der Waals surface area (Å²) in [5, 5.41) is 8.29. The summed E-state index contributed by atoms with van der Waals surface area (Å²) in [7, 11) is -3.52. The summed E-state index contributed by atoms with van der Waals surface area (Å²) in [4.78, 5) is 1.05. The molecule has 1 aromatic carbocycles.